The molecule has 0 amide bonds. The molecule has 2 rings (SSSR count). The molecule has 1 atom stereocenters. The molecule has 1 aliphatic rings. The molecule has 1 aromatic rings. The van der Waals surface area contributed by atoms with E-state index in [1.165, 1.54) is 6.20 Å². The number of nitrogens with one attached hydrogen (secondary N) is 1. The van der Waals surface area contributed by atoms with Crippen LogP contribution in [-0.2, 0) is 6.18 Å². The van der Waals surface area contributed by atoms with E-state index in [1.54, 1.807) is 0 Å². The minimum atomic E-state index is -4.38. The van der Waals surface area contributed by atoms with Crippen molar-refractivity contribution in [1.82, 2.24) is 10.4 Å². The summed E-state index contributed by atoms with van der Waals surface area (Å²) < 4.78 is 37.8. The van der Waals surface area contributed by atoms with Crippen molar-refractivity contribution in [2.24, 2.45) is 17.2 Å². The topological polar surface area (TPSA) is 50.9 Å². The molecule has 114 valence electrons. The van der Waals surface area contributed by atoms with Crippen LogP contribution in [0.5, 0.6) is 0 Å². The average Bonchev–Trinajstić information content (AvgIpc) is 2.81. The summed E-state index contributed by atoms with van der Waals surface area (Å²) in [5, 5.41) is -0.802. The molecule has 1 heterocycles. The fourth-order valence-electron chi connectivity index (χ4n) is 2.77. The highest BCUT2D eigenvalue weighted by atomic mass is 32.1. The van der Waals surface area contributed by atoms with Crippen molar-refractivity contribution in [3.8, 4) is 0 Å². The molecule has 1 aromatic heterocycles. The summed E-state index contributed by atoms with van der Waals surface area (Å²) in [6.45, 7) is 4.45. The average molecular weight is 307 g/mol. The Hall–Kier alpha value is -0.660. The normalized spacial score (nSPS) is 21.9. The Morgan fingerprint density at radius 3 is 2.45 bits per heavy atom. The van der Waals surface area contributed by atoms with Crippen LogP contribution in [0, 0.1) is 11.3 Å². The minimum Gasteiger partial charge on any atom is -0.271 e. The van der Waals surface area contributed by atoms with Gasteiger partial charge >= 0.3 is 6.18 Å². The van der Waals surface area contributed by atoms with E-state index in [9.17, 15) is 13.2 Å². The monoisotopic (exact) mass is 307 g/mol. The molecular weight excluding hydrogens is 287 g/mol. The Balaban J connectivity index is 2.11. The van der Waals surface area contributed by atoms with E-state index in [4.69, 9.17) is 5.84 Å². The number of hydrogen-bond donors (Lipinski definition) is 2. The standard InChI is InChI=1S/C13H20F3N3S/c1-12(2)5-3-8(4-6-12)10(19-17)9-7-18-11(20-9)13(14,15)16/h7-8,10,19H,3-6,17H2,1-2H3. The zero-order valence-corrected chi connectivity index (χ0v) is 12.4. The van der Waals surface area contributed by atoms with Gasteiger partial charge in [0, 0.05) is 11.1 Å². The van der Waals surface area contributed by atoms with Gasteiger partial charge in [0.25, 0.3) is 0 Å². The summed E-state index contributed by atoms with van der Waals surface area (Å²) in [5.74, 6) is 5.84. The van der Waals surface area contributed by atoms with E-state index >= 15 is 0 Å². The first kappa shape index (κ1) is 15.7. The highest BCUT2D eigenvalue weighted by Crippen LogP contribution is 2.44. The first-order chi connectivity index (χ1) is 9.23. The number of nitrogens with zero attached hydrogens (tertiary/aromatic N) is 1. The Morgan fingerprint density at radius 1 is 1.40 bits per heavy atom. The van der Waals surface area contributed by atoms with Crippen LogP contribution >= 0.6 is 11.3 Å². The van der Waals surface area contributed by atoms with E-state index in [-0.39, 0.29) is 12.0 Å². The van der Waals surface area contributed by atoms with Gasteiger partial charge in [0.2, 0.25) is 0 Å². The number of rotatable bonds is 3. The number of thiazole rings is 1. The third-order valence-corrected chi connectivity index (χ3v) is 5.23. The Morgan fingerprint density at radius 2 is 2.00 bits per heavy atom. The summed E-state index contributed by atoms with van der Waals surface area (Å²) in [6, 6.07) is -0.236. The molecule has 1 fully saturated rings. The molecule has 0 spiro atoms. The molecule has 3 N–H and O–H groups in total. The SMILES string of the molecule is CC1(C)CCC(C(NN)c2cnc(C(F)(F)F)s2)CC1. The smallest absolute Gasteiger partial charge is 0.271 e. The summed E-state index contributed by atoms with van der Waals surface area (Å²) in [4.78, 5) is 4.05. The van der Waals surface area contributed by atoms with Gasteiger partial charge in [0.1, 0.15) is 0 Å². The van der Waals surface area contributed by atoms with Crippen LogP contribution in [0.3, 0.4) is 0 Å². The van der Waals surface area contributed by atoms with E-state index in [1.807, 2.05) is 0 Å². The zero-order chi connectivity index (χ0) is 15.0. The highest BCUT2D eigenvalue weighted by Gasteiger charge is 2.37. The van der Waals surface area contributed by atoms with Crippen molar-refractivity contribution in [3.05, 3.63) is 16.1 Å². The maximum atomic E-state index is 12.6. The van der Waals surface area contributed by atoms with Crippen LogP contribution in [0.15, 0.2) is 6.20 Å². The van der Waals surface area contributed by atoms with Crippen molar-refractivity contribution in [1.29, 1.82) is 0 Å². The second-order valence-corrected chi connectivity index (χ2v) is 7.27. The molecule has 0 bridgehead atoms. The summed E-state index contributed by atoms with van der Waals surface area (Å²) in [7, 11) is 0. The Labute approximate surface area is 120 Å². The van der Waals surface area contributed by atoms with Gasteiger partial charge in [0.05, 0.1) is 6.04 Å². The first-order valence-corrected chi connectivity index (χ1v) is 7.54. The summed E-state index contributed by atoms with van der Waals surface area (Å²) in [5.41, 5.74) is 3.00. The second-order valence-electron chi connectivity index (χ2n) is 6.21. The third kappa shape index (κ3) is 3.51. The van der Waals surface area contributed by atoms with E-state index in [0.717, 1.165) is 25.7 Å². The number of hydrogen-bond acceptors (Lipinski definition) is 4. The van der Waals surface area contributed by atoms with Crippen molar-refractivity contribution in [3.63, 3.8) is 0 Å². The lowest BCUT2D eigenvalue weighted by atomic mass is 9.71. The van der Waals surface area contributed by atoms with Gasteiger partial charge in [-0.05, 0) is 37.0 Å². The largest absolute Gasteiger partial charge is 0.443 e. The summed E-state index contributed by atoms with van der Waals surface area (Å²) in [6.07, 6.45) is 1.01. The van der Waals surface area contributed by atoms with E-state index < -0.39 is 11.2 Å². The van der Waals surface area contributed by atoms with Gasteiger partial charge in [0.15, 0.2) is 5.01 Å². The Kier molecular flexibility index (Phi) is 4.41. The maximum absolute atomic E-state index is 12.6. The molecular formula is C13H20F3N3S. The third-order valence-electron chi connectivity index (χ3n) is 4.11. The van der Waals surface area contributed by atoms with Crippen LogP contribution in [0.4, 0.5) is 13.2 Å². The number of aromatic nitrogens is 1. The number of halogens is 3. The second kappa shape index (κ2) is 5.61. The minimum absolute atomic E-state index is 0.236. The number of alkyl halides is 3. The molecule has 0 aliphatic heterocycles. The van der Waals surface area contributed by atoms with Gasteiger partial charge in [-0.2, -0.15) is 13.2 Å². The van der Waals surface area contributed by atoms with Gasteiger partial charge in [-0.1, -0.05) is 13.8 Å². The van der Waals surface area contributed by atoms with Crippen molar-refractivity contribution in [2.75, 3.05) is 0 Å². The lowest BCUT2D eigenvalue weighted by molar-refractivity contribution is -0.137. The fourth-order valence-corrected chi connectivity index (χ4v) is 3.70. The van der Waals surface area contributed by atoms with Crippen molar-refractivity contribution >= 4 is 11.3 Å². The van der Waals surface area contributed by atoms with Gasteiger partial charge in [-0.3, -0.25) is 11.3 Å². The van der Waals surface area contributed by atoms with Crippen LogP contribution in [0.2, 0.25) is 0 Å². The molecule has 1 aliphatic carbocycles. The van der Waals surface area contributed by atoms with Crippen LogP contribution in [0.1, 0.15) is 55.5 Å². The summed E-state index contributed by atoms with van der Waals surface area (Å²) >= 11 is 0.687. The van der Waals surface area contributed by atoms with Crippen molar-refractivity contribution < 1.29 is 13.2 Å². The number of nitrogens with two attached hydrogens (primary N) is 1. The van der Waals surface area contributed by atoms with Crippen LogP contribution < -0.4 is 11.3 Å². The first-order valence-electron chi connectivity index (χ1n) is 6.72. The van der Waals surface area contributed by atoms with Crippen LogP contribution in [0.25, 0.3) is 0 Å². The predicted octanol–water partition coefficient (Wildman–Crippen LogP) is 3.88. The molecule has 3 nitrogen and oxygen atoms in total. The van der Waals surface area contributed by atoms with E-state index in [2.05, 4.69) is 24.3 Å². The molecule has 7 heteroatoms. The lowest BCUT2D eigenvalue weighted by Crippen LogP contribution is -2.36. The molecule has 0 radical (unpaired) electrons. The molecule has 1 unspecified atom stereocenters. The lowest BCUT2D eigenvalue weighted by Gasteiger charge is -2.37. The molecule has 20 heavy (non-hydrogen) atoms. The highest BCUT2D eigenvalue weighted by molar-refractivity contribution is 7.11. The van der Waals surface area contributed by atoms with Gasteiger partial charge in [-0.25, -0.2) is 4.98 Å². The van der Waals surface area contributed by atoms with Crippen molar-refractivity contribution in [2.45, 2.75) is 51.7 Å². The molecule has 0 aromatic carbocycles. The predicted molar refractivity (Wildman–Crippen MR) is 72.9 cm³/mol. The van der Waals surface area contributed by atoms with E-state index in [0.29, 0.717) is 21.6 Å². The quantitative estimate of drug-likeness (QED) is 0.658. The zero-order valence-electron chi connectivity index (χ0n) is 11.6. The Bertz CT molecular complexity index is 446. The molecule has 0 saturated heterocycles. The molecule has 1 saturated carbocycles. The van der Waals surface area contributed by atoms with Crippen LogP contribution in [-0.4, -0.2) is 4.98 Å². The van der Waals surface area contributed by atoms with Gasteiger partial charge < -0.3 is 0 Å². The fraction of sp³-hybridized carbons (Fsp3) is 0.769. The van der Waals surface area contributed by atoms with Gasteiger partial charge in [-0.15, -0.1) is 11.3 Å². The maximum Gasteiger partial charge on any atom is 0.443 e. The number of hydrazine groups is 1.